The zero-order valence-corrected chi connectivity index (χ0v) is 17.9. The lowest BCUT2D eigenvalue weighted by Gasteiger charge is -2.34. The normalized spacial score (nSPS) is 14.7. The average molecular weight is 428 g/mol. The Bertz CT molecular complexity index is 1300. The molecular weight excluding hydrogens is 404 g/mol. The number of methoxy groups -OCH3 is 1. The highest BCUT2D eigenvalue weighted by molar-refractivity contribution is 5.95. The van der Waals surface area contributed by atoms with Gasteiger partial charge in [-0.3, -0.25) is 9.69 Å². The van der Waals surface area contributed by atoms with Gasteiger partial charge < -0.3 is 15.4 Å². The van der Waals surface area contributed by atoms with E-state index >= 15 is 0 Å². The molecule has 3 heterocycles. The van der Waals surface area contributed by atoms with Crippen molar-refractivity contribution in [1.29, 1.82) is 0 Å². The van der Waals surface area contributed by atoms with E-state index in [0.29, 0.717) is 37.0 Å². The first-order valence-corrected chi connectivity index (χ1v) is 10.6. The molecule has 1 aliphatic rings. The van der Waals surface area contributed by atoms with Crippen LogP contribution in [-0.2, 0) is 6.54 Å². The summed E-state index contributed by atoms with van der Waals surface area (Å²) in [6.45, 7) is 3.35. The Morgan fingerprint density at radius 2 is 1.78 bits per heavy atom. The van der Waals surface area contributed by atoms with Crippen LogP contribution in [0.3, 0.4) is 0 Å². The second-order valence-corrected chi connectivity index (χ2v) is 7.87. The molecule has 1 saturated heterocycles. The van der Waals surface area contributed by atoms with Crippen molar-refractivity contribution in [2.24, 2.45) is 0 Å². The molecule has 4 aromatic rings. The van der Waals surface area contributed by atoms with E-state index < -0.39 is 0 Å². The highest BCUT2D eigenvalue weighted by Crippen LogP contribution is 2.21. The van der Waals surface area contributed by atoms with E-state index in [-0.39, 0.29) is 5.91 Å². The van der Waals surface area contributed by atoms with E-state index in [2.05, 4.69) is 19.9 Å². The minimum atomic E-state index is -0.0476. The Hall–Kier alpha value is -3.78. The van der Waals surface area contributed by atoms with Crippen LogP contribution in [0.2, 0.25) is 0 Å². The summed E-state index contributed by atoms with van der Waals surface area (Å²) in [5.41, 5.74) is 8.20. The van der Waals surface area contributed by atoms with Gasteiger partial charge in [-0.25, -0.2) is 15.0 Å². The Labute approximate surface area is 185 Å². The van der Waals surface area contributed by atoms with Crippen LogP contribution in [-0.4, -0.2) is 63.9 Å². The van der Waals surface area contributed by atoms with Gasteiger partial charge in [0.15, 0.2) is 0 Å². The zero-order chi connectivity index (χ0) is 22.1. The molecule has 0 bridgehead atoms. The lowest BCUT2D eigenvalue weighted by atomic mass is 10.1. The topological polar surface area (TPSA) is 97.5 Å². The van der Waals surface area contributed by atoms with Crippen LogP contribution in [0.4, 0.5) is 5.82 Å². The number of hydrogen-bond donors (Lipinski definition) is 1. The third kappa shape index (κ3) is 3.92. The molecule has 2 aromatic heterocycles. The van der Waals surface area contributed by atoms with Gasteiger partial charge in [-0.1, -0.05) is 18.2 Å². The third-order valence-corrected chi connectivity index (χ3v) is 5.82. The number of anilines is 1. The number of carbonyl (C=O) groups excluding carboxylic acids is 1. The predicted octanol–water partition coefficient (Wildman–Crippen LogP) is 2.73. The molecule has 1 amide bonds. The maximum atomic E-state index is 13.0. The molecular formula is C24H24N6O2. The number of piperazine rings is 1. The largest absolute Gasteiger partial charge is 0.497 e. The van der Waals surface area contributed by atoms with Crippen molar-refractivity contribution in [3.8, 4) is 5.75 Å². The number of carbonyl (C=O) groups is 1. The third-order valence-electron chi connectivity index (χ3n) is 5.82. The first-order chi connectivity index (χ1) is 15.6. The Morgan fingerprint density at radius 3 is 2.59 bits per heavy atom. The van der Waals surface area contributed by atoms with Gasteiger partial charge in [0.1, 0.15) is 23.1 Å². The summed E-state index contributed by atoms with van der Waals surface area (Å²) >= 11 is 0. The SMILES string of the molecule is COc1ccc2nc(C(=O)N3CCN(Cc4nc(N)c5ccccc5n4)CC3)ccc2c1. The monoisotopic (exact) mass is 428 g/mol. The summed E-state index contributed by atoms with van der Waals surface area (Å²) in [4.78, 5) is 30.8. The van der Waals surface area contributed by atoms with Crippen LogP contribution in [0, 0.1) is 0 Å². The molecule has 8 nitrogen and oxygen atoms in total. The molecule has 0 unspecified atom stereocenters. The molecule has 8 heteroatoms. The lowest BCUT2D eigenvalue weighted by molar-refractivity contribution is 0.0620. The number of aromatic nitrogens is 3. The van der Waals surface area contributed by atoms with Crippen LogP contribution in [0.15, 0.2) is 54.6 Å². The summed E-state index contributed by atoms with van der Waals surface area (Å²) in [6, 6.07) is 17.1. The van der Waals surface area contributed by atoms with Gasteiger partial charge in [0, 0.05) is 37.0 Å². The van der Waals surface area contributed by atoms with Crippen LogP contribution >= 0.6 is 0 Å². The van der Waals surface area contributed by atoms with Crippen molar-refractivity contribution in [3.05, 3.63) is 66.1 Å². The van der Waals surface area contributed by atoms with E-state index in [1.807, 2.05) is 53.4 Å². The Balaban J connectivity index is 1.24. The Kier molecular flexibility index (Phi) is 5.28. The molecule has 0 aliphatic carbocycles. The summed E-state index contributed by atoms with van der Waals surface area (Å²) in [5, 5.41) is 1.81. The van der Waals surface area contributed by atoms with Gasteiger partial charge in [0.05, 0.1) is 24.7 Å². The molecule has 32 heavy (non-hydrogen) atoms. The second kappa shape index (κ2) is 8.39. The number of ether oxygens (including phenoxy) is 1. The van der Waals surface area contributed by atoms with Gasteiger partial charge in [0.2, 0.25) is 0 Å². The minimum absolute atomic E-state index is 0.0476. The molecule has 162 valence electrons. The second-order valence-electron chi connectivity index (χ2n) is 7.87. The number of rotatable bonds is 4. The number of nitrogens with zero attached hydrogens (tertiary/aromatic N) is 5. The summed E-state index contributed by atoms with van der Waals surface area (Å²) in [5.74, 6) is 1.92. The highest BCUT2D eigenvalue weighted by Gasteiger charge is 2.24. The van der Waals surface area contributed by atoms with E-state index in [0.717, 1.165) is 40.6 Å². The molecule has 1 aliphatic heterocycles. The van der Waals surface area contributed by atoms with Crippen molar-refractivity contribution in [2.45, 2.75) is 6.54 Å². The minimum Gasteiger partial charge on any atom is -0.497 e. The van der Waals surface area contributed by atoms with E-state index in [1.165, 1.54) is 0 Å². The van der Waals surface area contributed by atoms with E-state index in [4.69, 9.17) is 10.5 Å². The van der Waals surface area contributed by atoms with Gasteiger partial charge in [-0.15, -0.1) is 0 Å². The van der Waals surface area contributed by atoms with Gasteiger partial charge in [0.25, 0.3) is 5.91 Å². The number of nitrogens with two attached hydrogens (primary N) is 1. The number of hydrogen-bond acceptors (Lipinski definition) is 7. The van der Waals surface area contributed by atoms with Crippen LogP contribution < -0.4 is 10.5 Å². The fraction of sp³-hybridized carbons (Fsp3) is 0.250. The van der Waals surface area contributed by atoms with Gasteiger partial charge >= 0.3 is 0 Å². The zero-order valence-electron chi connectivity index (χ0n) is 17.9. The molecule has 1 fully saturated rings. The molecule has 0 atom stereocenters. The summed E-state index contributed by atoms with van der Waals surface area (Å²) in [6.07, 6.45) is 0. The van der Waals surface area contributed by atoms with Crippen molar-refractivity contribution in [2.75, 3.05) is 39.0 Å². The molecule has 2 aromatic carbocycles. The van der Waals surface area contributed by atoms with Crippen LogP contribution in [0.25, 0.3) is 21.8 Å². The molecule has 0 spiro atoms. The maximum absolute atomic E-state index is 13.0. The lowest BCUT2D eigenvalue weighted by Crippen LogP contribution is -2.48. The molecule has 2 N–H and O–H groups in total. The van der Waals surface area contributed by atoms with E-state index in [1.54, 1.807) is 13.2 Å². The van der Waals surface area contributed by atoms with Crippen molar-refractivity contribution < 1.29 is 9.53 Å². The van der Waals surface area contributed by atoms with Crippen LogP contribution in [0.1, 0.15) is 16.3 Å². The number of pyridine rings is 1. The summed E-state index contributed by atoms with van der Waals surface area (Å²) < 4.78 is 5.25. The number of para-hydroxylation sites is 1. The summed E-state index contributed by atoms with van der Waals surface area (Å²) in [7, 11) is 1.63. The van der Waals surface area contributed by atoms with Gasteiger partial charge in [-0.2, -0.15) is 0 Å². The predicted molar refractivity (Wildman–Crippen MR) is 123 cm³/mol. The molecule has 0 radical (unpaired) electrons. The molecule has 5 rings (SSSR count). The molecule has 0 saturated carbocycles. The quantitative estimate of drug-likeness (QED) is 0.534. The number of fused-ring (bicyclic) bond motifs is 2. The average Bonchev–Trinajstić information content (AvgIpc) is 2.83. The van der Waals surface area contributed by atoms with Gasteiger partial charge in [-0.05, 0) is 36.4 Å². The maximum Gasteiger partial charge on any atom is 0.272 e. The van der Waals surface area contributed by atoms with Crippen molar-refractivity contribution >= 4 is 33.5 Å². The van der Waals surface area contributed by atoms with Crippen molar-refractivity contribution in [3.63, 3.8) is 0 Å². The first-order valence-electron chi connectivity index (χ1n) is 10.6. The van der Waals surface area contributed by atoms with Crippen LogP contribution in [0.5, 0.6) is 5.75 Å². The number of benzene rings is 2. The Morgan fingerprint density at radius 1 is 0.969 bits per heavy atom. The van der Waals surface area contributed by atoms with E-state index in [9.17, 15) is 4.79 Å². The number of nitrogen functional groups attached to an aromatic ring is 1. The van der Waals surface area contributed by atoms with Crippen molar-refractivity contribution in [1.82, 2.24) is 24.8 Å². The standard InChI is InChI=1S/C24H24N6O2/c1-32-17-7-9-19-16(14-17)6-8-21(26-19)24(31)30-12-10-29(11-13-30)15-22-27-20-5-3-2-4-18(20)23(25)28-22/h2-9,14H,10-13,15H2,1H3,(H2,25,27,28). The fourth-order valence-corrected chi connectivity index (χ4v) is 4.04. The highest BCUT2D eigenvalue weighted by atomic mass is 16.5. The fourth-order valence-electron chi connectivity index (χ4n) is 4.04. The smallest absolute Gasteiger partial charge is 0.272 e. The number of amides is 1. The first kappa shape index (κ1) is 20.1.